The number of aryl methyl sites for hydroxylation is 2. The molecule has 202 valence electrons. The summed E-state index contributed by atoms with van der Waals surface area (Å²) in [6.07, 6.45) is 3.60. The van der Waals surface area contributed by atoms with Gasteiger partial charge in [0.1, 0.15) is 29.2 Å². The number of carbonyl (C=O) groups excluding carboxylic acids is 3. The van der Waals surface area contributed by atoms with Gasteiger partial charge in [0.2, 0.25) is 0 Å². The number of nitro benzene ring substituents is 1. The van der Waals surface area contributed by atoms with Gasteiger partial charge in [0, 0.05) is 37.4 Å². The number of β-lactam (4-membered cyclic amide) rings is 1. The highest BCUT2D eigenvalue weighted by Crippen LogP contribution is 2.58. The Morgan fingerprint density at radius 2 is 2.05 bits per heavy atom. The predicted octanol–water partition coefficient (Wildman–Crippen LogP) is 3.01. The molecular weight excluding hydrogens is 596 g/mol. The Morgan fingerprint density at radius 1 is 1.28 bits per heavy atom. The minimum Gasteiger partial charge on any atom is -0.456 e. The minimum atomic E-state index is -1.37. The van der Waals surface area contributed by atoms with Crippen molar-refractivity contribution in [2.45, 2.75) is 55.1 Å². The van der Waals surface area contributed by atoms with Gasteiger partial charge in [-0.3, -0.25) is 29.3 Å². The average molecular weight is 617 g/mol. The number of alkyl halides is 1. The number of fused-ring (bicyclic) bond motifs is 4. The van der Waals surface area contributed by atoms with Crippen molar-refractivity contribution in [3.63, 3.8) is 0 Å². The molecule has 3 atom stereocenters. The lowest BCUT2D eigenvalue weighted by Gasteiger charge is -2.51. The number of aromatic nitrogens is 4. The van der Waals surface area contributed by atoms with Crippen LogP contribution in [-0.4, -0.2) is 56.5 Å². The summed E-state index contributed by atoms with van der Waals surface area (Å²) in [4.78, 5) is 59.3. The Hall–Kier alpha value is -3.72. The third-order valence-electron chi connectivity index (χ3n) is 6.86. The number of hydrogen-bond donors (Lipinski definition) is 0. The van der Waals surface area contributed by atoms with Crippen LogP contribution in [0.25, 0.3) is 5.78 Å². The molecule has 6 rings (SSSR count). The number of hydrogen-bond acceptors (Lipinski definition) is 10. The number of nitrogens with zero attached hydrogens (tertiary/aromatic N) is 6. The molecule has 1 fully saturated rings. The van der Waals surface area contributed by atoms with Crippen molar-refractivity contribution < 1.29 is 28.8 Å². The summed E-state index contributed by atoms with van der Waals surface area (Å²) in [7, 11) is 0. The van der Waals surface area contributed by atoms with E-state index >= 15 is 0 Å². The molecule has 0 aliphatic carbocycles. The molecule has 1 aromatic carbocycles. The molecule has 15 heteroatoms. The second kappa shape index (κ2) is 9.48. The molecular formula is C24H21BrN6O7S. The molecule has 13 nitrogen and oxygen atoms in total. The van der Waals surface area contributed by atoms with Crippen molar-refractivity contribution in [1.29, 1.82) is 0 Å². The summed E-state index contributed by atoms with van der Waals surface area (Å²) in [6.45, 7) is 1.93. The standard InChI is InChI=1S/C24H21BrN6O7S/c1-13(32)38-19(16-10-29-23(26-16)27-18-4-2-3-9-28(18)29)24(25)21(34)30-17(12-39-22(24)30)20(33)37-11-14-5-7-15(8-6-14)31(35)36/h5-8,10,12,19,22H,2-4,9,11H2,1H3/t19?,22-,24-/m0/s1. The monoisotopic (exact) mass is 616 g/mol. The van der Waals surface area contributed by atoms with Crippen molar-refractivity contribution in [3.8, 4) is 0 Å². The zero-order valence-electron chi connectivity index (χ0n) is 20.5. The van der Waals surface area contributed by atoms with Gasteiger partial charge < -0.3 is 9.47 Å². The van der Waals surface area contributed by atoms with Crippen LogP contribution in [0.4, 0.5) is 5.69 Å². The molecule has 1 saturated heterocycles. The number of halogens is 1. The molecule has 1 unspecified atom stereocenters. The van der Waals surface area contributed by atoms with Crippen LogP contribution in [0.3, 0.4) is 0 Å². The van der Waals surface area contributed by atoms with Gasteiger partial charge in [-0.05, 0) is 30.5 Å². The molecule has 39 heavy (non-hydrogen) atoms. The number of esters is 2. The van der Waals surface area contributed by atoms with Crippen LogP contribution in [0.5, 0.6) is 0 Å². The molecule has 0 spiro atoms. The van der Waals surface area contributed by atoms with Crippen LogP contribution in [0.1, 0.15) is 43.0 Å². The summed E-state index contributed by atoms with van der Waals surface area (Å²) in [5.74, 6) is -0.377. The largest absolute Gasteiger partial charge is 0.456 e. The molecule has 0 N–H and O–H groups in total. The molecule has 2 aromatic heterocycles. The first-order valence-electron chi connectivity index (χ1n) is 12.1. The Kier molecular flexibility index (Phi) is 6.21. The second-order valence-corrected chi connectivity index (χ2v) is 11.6. The van der Waals surface area contributed by atoms with Gasteiger partial charge in [-0.25, -0.2) is 14.3 Å². The van der Waals surface area contributed by atoms with Gasteiger partial charge >= 0.3 is 11.9 Å². The Labute approximate surface area is 233 Å². The number of benzene rings is 1. The number of ether oxygens (including phenoxy) is 2. The van der Waals surface area contributed by atoms with E-state index in [2.05, 4.69) is 25.9 Å². The highest BCUT2D eigenvalue weighted by Gasteiger charge is 2.69. The molecule has 0 saturated carbocycles. The molecule has 3 aliphatic heterocycles. The maximum Gasteiger partial charge on any atom is 0.355 e. The maximum absolute atomic E-state index is 13.5. The van der Waals surface area contributed by atoms with Crippen molar-refractivity contribution in [1.82, 2.24) is 24.1 Å². The summed E-state index contributed by atoms with van der Waals surface area (Å²) in [5, 5.41) is 11.8. The molecule has 1 amide bonds. The number of carbonyl (C=O) groups is 3. The second-order valence-electron chi connectivity index (χ2n) is 9.34. The van der Waals surface area contributed by atoms with Crippen LogP contribution in [0.15, 0.2) is 41.6 Å². The first-order valence-corrected chi connectivity index (χ1v) is 13.8. The predicted molar refractivity (Wildman–Crippen MR) is 139 cm³/mol. The number of rotatable bonds is 7. The van der Waals surface area contributed by atoms with Crippen molar-refractivity contribution in [2.75, 3.05) is 0 Å². The minimum absolute atomic E-state index is 0.0588. The van der Waals surface area contributed by atoms with E-state index in [4.69, 9.17) is 9.47 Å². The number of amides is 1. The van der Waals surface area contributed by atoms with Gasteiger partial charge in [-0.1, -0.05) is 15.9 Å². The molecule has 0 bridgehead atoms. The number of non-ortho nitro benzene ring substituents is 1. The van der Waals surface area contributed by atoms with Crippen molar-refractivity contribution >= 4 is 57.0 Å². The van der Waals surface area contributed by atoms with E-state index in [1.165, 1.54) is 53.3 Å². The maximum atomic E-state index is 13.5. The zero-order valence-corrected chi connectivity index (χ0v) is 22.9. The zero-order chi connectivity index (χ0) is 27.5. The van der Waals surface area contributed by atoms with Crippen LogP contribution >= 0.6 is 27.7 Å². The van der Waals surface area contributed by atoms with Gasteiger partial charge in [0.25, 0.3) is 17.4 Å². The summed E-state index contributed by atoms with van der Waals surface area (Å²) >= 11 is 4.78. The summed E-state index contributed by atoms with van der Waals surface area (Å²) < 4.78 is 13.5. The normalized spacial score (nSPS) is 22.5. The third-order valence-corrected chi connectivity index (χ3v) is 9.56. The van der Waals surface area contributed by atoms with Crippen LogP contribution < -0.4 is 0 Å². The fourth-order valence-electron chi connectivity index (χ4n) is 4.97. The number of imidazole rings is 1. The smallest absolute Gasteiger partial charge is 0.355 e. The van der Waals surface area contributed by atoms with E-state index in [9.17, 15) is 24.5 Å². The molecule has 0 radical (unpaired) electrons. The van der Waals surface area contributed by atoms with E-state index in [0.717, 1.165) is 31.6 Å². The molecule has 3 aliphatic rings. The highest BCUT2D eigenvalue weighted by molar-refractivity contribution is 9.10. The number of thioether (sulfide) groups is 1. The van der Waals surface area contributed by atoms with E-state index in [0.29, 0.717) is 17.0 Å². The highest BCUT2D eigenvalue weighted by atomic mass is 79.9. The van der Waals surface area contributed by atoms with Crippen molar-refractivity contribution in [3.05, 3.63) is 68.8 Å². The Morgan fingerprint density at radius 3 is 2.77 bits per heavy atom. The lowest BCUT2D eigenvalue weighted by Crippen LogP contribution is -2.70. The Balaban J connectivity index is 1.20. The third kappa shape index (κ3) is 4.11. The average Bonchev–Trinajstić information content (AvgIpc) is 3.62. The van der Waals surface area contributed by atoms with E-state index in [1.54, 1.807) is 6.20 Å². The van der Waals surface area contributed by atoms with Crippen molar-refractivity contribution in [2.24, 2.45) is 0 Å². The van der Waals surface area contributed by atoms with Crippen LogP contribution in [0.2, 0.25) is 0 Å². The van der Waals surface area contributed by atoms with E-state index in [-0.39, 0.29) is 18.0 Å². The molecule has 5 heterocycles. The quantitative estimate of drug-likeness (QED) is 0.127. The fraction of sp³-hybridized carbons (Fsp3) is 0.375. The first-order chi connectivity index (χ1) is 18.7. The first kappa shape index (κ1) is 25.6. The lowest BCUT2D eigenvalue weighted by atomic mass is 9.89. The van der Waals surface area contributed by atoms with Gasteiger partial charge in [0.15, 0.2) is 10.4 Å². The van der Waals surface area contributed by atoms with Crippen LogP contribution in [0, 0.1) is 10.1 Å². The van der Waals surface area contributed by atoms with Crippen LogP contribution in [-0.2, 0) is 43.4 Å². The molecule has 3 aromatic rings. The van der Waals surface area contributed by atoms with Gasteiger partial charge in [0.05, 0.1) is 11.1 Å². The number of nitro groups is 1. The van der Waals surface area contributed by atoms with Gasteiger partial charge in [-0.2, -0.15) is 4.98 Å². The lowest BCUT2D eigenvalue weighted by molar-refractivity contribution is -0.384. The fourth-order valence-corrected chi connectivity index (χ4v) is 7.24. The Bertz CT molecular complexity index is 1570. The van der Waals surface area contributed by atoms with E-state index < -0.39 is 38.6 Å². The topological polar surface area (TPSA) is 151 Å². The van der Waals surface area contributed by atoms with Gasteiger partial charge in [-0.15, -0.1) is 11.8 Å². The summed E-state index contributed by atoms with van der Waals surface area (Å²) in [5.41, 5.74) is 0.914. The SMILES string of the molecule is CC(=O)OC(c1cn2c(n1)nc1n2CCCC1)[C@]1(Br)C(=O)N2C(C(=O)OCc3ccc([N+](=O)[O-])cc3)=CS[C@H]21. The summed E-state index contributed by atoms with van der Waals surface area (Å²) in [6, 6.07) is 5.63. The van der Waals surface area contributed by atoms with E-state index in [1.807, 2.05) is 9.20 Å².